The second kappa shape index (κ2) is 15.9. The summed E-state index contributed by atoms with van der Waals surface area (Å²) in [7, 11) is 0. The Labute approximate surface area is 191 Å². The molecule has 31 heavy (non-hydrogen) atoms. The molecule has 182 valence electrons. The van der Waals surface area contributed by atoms with E-state index < -0.39 is 5.60 Å². The number of rotatable bonds is 17. The maximum absolute atomic E-state index is 11.5. The number of aliphatic hydroxyl groups is 2. The highest BCUT2D eigenvalue weighted by Gasteiger charge is 2.35. The molecule has 1 rings (SSSR count). The molecule has 0 saturated heterocycles. The van der Waals surface area contributed by atoms with Crippen molar-refractivity contribution in [2.75, 3.05) is 6.61 Å². The van der Waals surface area contributed by atoms with E-state index in [0.717, 1.165) is 77.0 Å². The summed E-state index contributed by atoms with van der Waals surface area (Å²) in [6, 6.07) is 0. The van der Waals surface area contributed by atoms with Gasteiger partial charge in [0, 0.05) is 12.3 Å². The van der Waals surface area contributed by atoms with Gasteiger partial charge in [-0.15, -0.1) is 0 Å². The molecule has 1 saturated carbocycles. The van der Waals surface area contributed by atoms with Crippen LogP contribution in [-0.2, 0) is 9.53 Å². The van der Waals surface area contributed by atoms with Crippen molar-refractivity contribution in [3.8, 4) is 0 Å². The van der Waals surface area contributed by atoms with Gasteiger partial charge in [-0.1, -0.05) is 83.8 Å². The number of hydrogen-bond donors (Lipinski definition) is 2. The van der Waals surface area contributed by atoms with Crippen molar-refractivity contribution in [3.05, 3.63) is 11.6 Å². The molecule has 4 nitrogen and oxygen atoms in total. The summed E-state index contributed by atoms with van der Waals surface area (Å²) in [5.74, 6) is 0.486. The fourth-order valence-electron chi connectivity index (χ4n) is 5.31. The summed E-state index contributed by atoms with van der Waals surface area (Å²) in [4.78, 5) is 11.4. The smallest absolute Gasteiger partial charge is 0.305 e. The Morgan fingerprint density at radius 3 is 2.45 bits per heavy atom. The molecule has 1 fully saturated rings. The van der Waals surface area contributed by atoms with Gasteiger partial charge in [0.2, 0.25) is 0 Å². The minimum Gasteiger partial charge on any atom is -0.466 e. The summed E-state index contributed by atoms with van der Waals surface area (Å²) < 4.78 is 4.98. The van der Waals surface area contributed by atoms with Gasteiger partial charge >= 0.3 is 5.97 Å². The van der Waals surface area contributed by atoms with Crippen molar-refractivity contribution in [1.29, 1.82) is 0 Å². The van der Waals surface area contributed by atoms with Gasteiger partial charge in [0.1, 0.15) is 0 Å². The highest BCUT2D eigenvalue weighted by Crippen LogP contribution is 2.39. The molecule has 0 aliphatic heterocycles. The predicted octanol–water partition coefficient (Wildman–Crippen LogP) is 6.73. The van der Waals surface area contributed by atoms with E-state index >= 15 is 0 Å². The van der Waals surface area contributed by atoms with Crippen molar-refractivity contribution in [1.82, 2.24) is 0 Å². The molecular weight excluding hydrogens is 388 g/mol. The van der Waals surface area contributed by atoms with Gasteiger partial charge < -0.3 is 14.9 Å². The summed E-state index contributed by atoms with van der Waals surface area (Å²) in [6.45, 7) is 8.89. The number of hydrogen-bond acceptors (Lipinski definition) is 4. The minimum absolute atomic E-state index is 0.0946. The second-order valence-electron chi connectivity index (χ2n) is 9.53. The van der Waals surface area contributed by atoms with Gasteiger partial charge in [0.15, 0.2) is 0 Å². The molecule has 1 aliphatic carbocycles. The number of carbonyl (C=O) groups excluding carboxylic acids is 1. The lowest BCUT2D eigenvalue weighted by Crippen LogP contribution is -2.37. The van der Waals surface area contributed by atoms with Gasteiger partial charge in [-0.25, -0.2) is 0 Å². The zero-order valence-corrected chi connectivity index (χ0v) is 20.8. The van der Waals surface area contributed by atoms with Crippen LogP contribution in [0.2, 0.25) is 0 Å². The highest BCUT2D eigenvalue weighted by molar-refractivity contribution is 5.69. The Hall–Kier alpha value is -0.870. The molecule has 0 aromatic heterocycles. The van der Waals surface area contributed by atoms with E-state index in [0.29, 0.717) is 18.9 Å². The molecule has 0 spiro atoms. The van der Waals surface area contributed by atoms with Crippen molar-refractivity contribution in [2.45, 2.75) is 136 Å². The molecule has 0 radical (unpaired) electrons. The molecule has 4 heteroatoms. The molecule has 0 bridgehead atoms. The molecule has 2 N–H and O–H groups in total. The Balaban J connectivity index is 2.57. The molecule has 0 aromatic carbocycles. The normalized spacial score (nSPS) is 22.2. The minimum atomic E-state index is -0.614. The van der Waals surface area contributed by atoms with E-state index in [1.54, 1.807) is 0 Å². The van der Waals surface area contributed by atoms with Gasteiger partial charge in [-0.3, -0.25) is 4.79 Å². The standard InChI is InChI=1S/C27H50O4/c1-5-9-14-20-27(30,23(6-2)7-3)21-19-22-17-18-25(28)24(22)15-12-10-11-13-16-26(29)31-8-4/h19,23-25,28,30H,5-18,20-21H2,1-4H3/t24-,25-,27?/m1/s1. The predicted molar refractivity (Wildman–Crippen MR) is 129 cm³/mol. The van der Waals surface area contributed by atoms with Crippen molar-refractivity contribution >= 4 is 5.97 Å². The van der Waals surface area contributed by atoms with Crippen LogP contribution >= 0.6 is 0 Å². The first-order valence-electron chi connectivity index (χ1n) is 13.2. The van der Waals surface area contributed by atoms with E-state index in [4.69, 9.17) is 4.74 Å². The molecule has 0 aromatic rings. The number of unbranched alkanes of at least 4 members (excludes halogenated alkanes) is 5. The topological polar surface area (TPSA) is 66.8 Å². The lowest BCUT2D eigenvalue weighted by molar-refractivity contribution is -0.143. The largest absolute Gasteiger partial charge is 0.466 e. The Morgan fingerprint density at radius 2 is 1.81 bits per heavy atom. The van der Waals surface area contributed by atoms with Crippen LogP contribution in [0.15, 0.2) is 11.6 Å². The fourth-order valence-corrected chi connectivity index (χ4v) is 5.31. The van der Waals surface area contributed by atoms with Crippen LogP contribution < -0.4 is 0 Å². The average Bonchev–Trinajstić information content (AvgIpc) is 3.10. The monoisotopic (exact) mass is 438 g/mol. The maximum atomic E-state index is 11.5. The van der Waals surface area contributed by atoms with Crippen LogP contribution in [0.4, 0.5) is 0 Å². The first-order valence-corrected chi connectivity index (χ1v) is 13.2. The van der Waals surface area contributed by atoms with Gasteiger partial charge in [-0.2, -0.15) is 0 Å². The molecule has 3 atom stereocenters. The molecular formula is C27H50O4. The Bertz CT molecular complexity index is 511. The van der Waals surface area contributed by atoms with Gasteiger partial charge in [0.05, 0.1) is 18.3 Å². The van der Waals surface area contributed by atoms with Crippen LogP contribution in [0.1, 0.15) is 124 Å². The Kier molecular flexibility index (Phi) is 14.4. The SMILES string of the molecule is CCCCCC(O)(CC=C1CC[C@@H](O)[C@@H]1CCCCCCC(=O)OCC)C(CC)CC. The molecule has 0 amide bonds. The van der Waals surface area contributed by atoms with Crippen molar-refractivity contribution < 1.29 is 19.7 Å². The third-order valence-electron chi connectivity index (χ3n) is 7.30. The van der Waals surface area contributed by atoms with Gasteiger partial charge in [-0.05, 0) is 51.4 Å². The number of carbonyl (C=O) groups is 1. The third-order valence-corrected chi connectivity index (χ3v) is 7.30. The van der Waals surface area contributed by atoms with E-state index in [1.807, 2.05) is 6.92 Å². The second-order valence-corrected chi connectivity index (χ2v) is 9.53. The molecule has 1 aliphatic rings. The summed E-state index contributed by atoms with van der Waals surface area (Å²) in [6.07, 6.45) is 16.5. The summed E-state index contributed by atoms with van der Waals surface area (Å²) >= 11 is 0. The lowest BCUT2D eigenvalue weighted by Gasteiger charge is -2.35. The molecule has 0 heterocycles. The summed E-state index contributed by atoms with van der Waals surface area (Å²) in [5.41, 5.74) is 0.746. The fraction of sp³-hybridized carbons (Fsp3) is 0.889. The van der Waals surface area contributed by atoms with Crippen LogP contribution in [-0.4, -0.2) is 34.5 Å². The number of aliphatic hydroxyl groups excluding tert-OH is 1. The lowest BCUT2D eigenvalue weighted by atomic mass is 9.76. The van der Waals surface area contributed by atoms with Crippen LogP contribution in [0.25, 0.3) is 0 Å². The maximum Gasteiger partial charge on any atom is 0.305 e. The Morgan fingerprint density at radius 1 is 1.10 bits per heavy atom. The van der Waals surface area contributed by atoms with Gasteiger partial charge in [0.25, 0.3) is 0 Å². The van der Waals surface area contributed by atoms with Crippen LogP contribution in [0.5, 0.6) is 0 Å². The quantitative estimate of drug-likeness (QED) is 0.150. The average molecular weight is 439 g/mol. The van der Waals surface area contributed by atoms with Crippen molar-refractivity contribution in [3.63, 3.8) is 0 Å². The van der Waals surface area contributed by atoms with E-state index in [1.165, 1.54) is 18.4 Å². The van der Waals surface area contributed by atoms with Crippen molar-refractivity contribution in [2.24, 2.45) is 11.8 Å². The summed E-state index contributed by atoms with van der Waals surface area (Å²) in [5, 5.41) is 22.1. The third kappa shape index (κ3) is 10.1. The highest BCUT2D eigenvalue weighted by atomic mass is 16.5. The van der Waals surface area contributed by atoms with Crippen LogP contribution in [0.3, 0.4) is 0 Å². The van der Waals surface area contributed by atoms with E-state index in [2.05, 4.69) is 26.8 Å². The first kappa shape index (κ1) is 28.2. The zero-order valence-electron chi connectivity index (χ0n) is 20.8. The van der Waals surface area contributed by atoms with E-state index in [9.17, 15) is 15.0 Å². The van der Waals surface area contributed by atoms with E-state index in [-0.39, 0.29) is 18.0 Å². The van der Waals surface area contributed by atoms with Crippen LogP contribution in [0, 0.1) is 11.8 Å². The zero-order chi connectivity index (χ0) is 23.1. The molecule has 1 unspecified atom stereocenters. The number of ether oxygens (including phenoxy) is 1. The first-order chi connectivity index (χ1) is 14.9. The number of esters is 1.